The van der Waals surface area contributed by atoms with E-state index < -0.39 is 23.8 Å². The van der Waals surface area contributed by atoms with Crippen LogP contribution in [0.1, 0.15) is 31.1 Å². The summed E-state index contributed by atoms with van der Waals surface area (Å²) in [5, 5.41) is 9.63. The van der Waals surface area contributed by atoms with Gasteiger partial charge in [0.05, 0.1) is 5.92 Å². The summed E-state index contributed by atoms with van der Waals surface area (Å²) in [7, 11) is 0. The number of nitriles is 1. The van der Waals surface area contributed by atoms with Crippen LogP contribution in [-0.2, 0) is 9.53 Å². The van der Waals surface area contributed by atoms with Crippen LogP contribution in [-0.4, -0.2) is 5.97 Å². The van der Waals surface area contributed by atoms with Crippen molar-refractivity contribution in [3.8, 4) is 17.6 Å². The summed E-state index contributed by atoms with van der Waals surface area (Å²) in [6.07, 6.45) is 0.113. The van der Waals surface area contributed by atoms with Gasteiger partial charge in [-0.3, -0.25) is 4.79 Å². The molecular weight excluding hydrogens is 405 g/mol. The third-order valence-electron chi connectivity index (χ3n) is 4.86. The summed E-state index contributed by atoms with van der Waals surface area (Å²) in [6.45, 7) is 3.60. The lowest BCUT2D eigenvalue weighted by Crippen LogP contribution is -2.23. The molecule has 0 aliphatic rings. The van der Waals surface area contributed by atoms with Gasteiger partial charge in [-0.2, -0.15) is 5.26 Å². The molecule has 0 saturated carbocycles. The molecule has 0 bridgehead atoms. The number of carbonyl (C=O) groups is 1. The molecule has 3 rings (SSSR count). The lowest BCUT2D eigenvalue weighted by molar-refractivity contribution is -0.151. The van der Waals surface area contributed by atoms with Crippen LogP contribution < -0.4 is 4.74 Å². The van der Waals surface area contributed by atoms with Gasteiger partial charge >= 0.3 is 5.97 Å². The van der Waals surface area contributed by atoms with Crippen LogP contribution in [0.25, 0.3) is 5.83 Å². The highest BCUT2D eigenvalue weighted by atomic mass is 19.1. The standard InChI is InChI=1S/C27H24FNO3/c1-19(2)24(17-25(28)20-10-5-3-6-11-20)27(30)32-26(18-29)21-12-9-15-23(16-21)31-22-13-7-4-8-14-22/h3-17,19,24,26H,1-2H3. The number of nitrogens with zero attached hydrogens (tertiary/aromatic N) is 1. The topological polar surface area (TPSA) is 59.3 Å². The second-order valence-corrected chi connectivity index (χ2v) is 7.58. The molecule has 4 nitrogen and oxygen atoms in total. The van der Waals surface area contributed by atoms with E-state index in [0.29, 0.717) is 22.6 Å². The van der Waals surface area contributed by atoms with Gasteiger partial charge in [-0.1, -0.05) is 74.5 Å². The van der Waals surface area contributed by atoms with Crippen molar-refractivity contribution in [2.45, 2.75) is 20.0 Å². The second kappa shape index (κ2) is 10.9. The van der Waals surface area contributed by atoms with E-state index >= 15 is 0 Å². The van der Waals surface area contributed by atoms with Crippen LogP contribution in [0.5, 0.6) is 11.5 Å². The van der Waals surface area contributed by atoms with Crippen molar-refractivity contribution in [3.05, 3.63) is 102 Å². The van der Waals surface area contributed by atoms with Crippen molar-refractivity contribution in [3.63, 3.8) is 0 Å². The summed E-state index contributed by atoms with van der Waals surface area (Å²) >= 11 is 0. The molecule has 32 heavy (non-hydrogen) atoms. The zero-order valence-electron chi connectivity index (χ0n) is 17.9. The first-order valence-electron chi connectivity index (χ1n) is 10.3. The molecule has 0 aliphatic carbocycles. The van der Waals surface area contributed by atoms with E-state index in [1.165, 1.54) is 6.08 Å². The fraction of sp³-hybridized carbons (Fsp3) is 0.185. The molecule has 0 spiro atoms. The Morgan fingerprint density at radius 3 is 2.19 bits per heavy atom. The Labute approximate surface area is 187 Å². The highest BCUT2D eigenvalue weighted by Crippen LogP contribution is 2.28. The summed E-state index contributed by atoms with van der Waals surface area (Å²) in [4.78, 5) is 12.9. The van der Waals surface area contributed by atoms with Gasteiger partial charge in [-0.15, -0.1) is 0 Å². The van der Waals surface area contributed by atoms with Crippen LogP contribution in [0.4, 0.5) is 4.39 Å². The van der Waals surface area contributed by atoms with Crippen LogP contribution in [0.3, 0.4) is 0 Å². The fourth-order valence-electron chi connectivity index (χ4n) is 3.11. The van der Waals surface area contributed by atoms with Gasteiger partial charge in [0, 0.05) is 11.1 Å². The number of ether oxygens (including phenoxy) is 2. The summed E-state index contributed by atoms with van der Waals surface area (Å²) in [5.41, 5.74) is 0.859. The molecule has 0 saturated heterocycles. The Balaban J connectivity index is 1.77. The van der Waals surface area contributed by atoms with Crippen molar-refractivity contribution < 1.29 is 18.7 Å². The number of carbonyl (C=O) groups excluding carboxylic acids is 1. The van der Waals surface area contributed by atoms with E-state index in [2.05, 4.69) is 0 Å². The van der Waals surface area contributed by atoms with Crippen LogP contribution in [0, 0.1) is 23.2 Å². The molecule has 5 heteroatoms. The van der Waals surface area contributed by atoms with Crippen molar-refractivity contribution in [1.29, 1.82) is 5.26 Å². The SMILES string of the molecule is CC(C)C(C=C(F)c1ccccc1)C(=O)OC(C#N)c1cccc(Oc2ccccc2)c1. The first-order valence-corrected chi connectivity index (χ1v) is 10.3. The van der Waals surface area contributed by atoms with Crippen molar-refractivity contribution in [2.24, 2.45) is 11.8 Å². The third kappa shape index (κ3) is 6.05. The maximum absolute atomic E-state index is 14.7. The van der Waals surface area contributed by atoms with E-state index in [9.17, 15) is 14.4 Å². The lowest BCUT2D eigenvalue weighted by atomic mass is 9.94. The van der Waals surface area contributed by atoms with Gasteiger partial charge in [-0.25, -0.2) is 4.39 Å². The summed E-state index contributed by atoms with van der Waals surface area (Å²) in [5.74, 6) is -1.06. The van der Waals surface area contributed by atoms with Gasteiger partial charge in [0.15, 0.2) is 0 Å². The number of rotatable bonds is 8. The molecule has 0 radical (unpaired) electrons. The van der Waals surface area contributed by atoms with Gasteiger partial charge in [0.25, 0.3) is 0 Å². The minimum Gasteiger partial charge on any atom is -0.457 e. The molecule has 3 aromatic rings. The third-order valence-corrected chi connectivity index (χ3v) is 4.86. The molecule has 0 heterocycles. The maximum atomic E-state index is 14.7. The Hall–Kier alpha value is -3.91. The average molecular weight is 429 g/mol. The molecule has 3 aromatic carbocycles. The molecule has 2 unspecified atom stereocenters. The lowest BCUT2D eigenvalue weighted by Gasteiger charge is -2.19. The largest absolute Gasteiger partial charge is 0.457 e. The van der Waals surface area contributed by atoms with E-state index in [1.54, 1.807) is 68.4 Å². The van der Waals surface area contributed by atoms with Crippen molar-refractivity contribution in [1.82, 2.24) is 0 Å². The highest BCUT2D eigenvalue weighted by molar-refractivity contribution is 5.78. The number of hydrogen-bond acceptors (Lipinski definition) is 4. The Kier molecular flexibility index (Phi) is 7.77. The molecule has 0 N–H and O–H groups in total. The van der Waals surface area contributed by atoms with Crippen LogP contribution in [0.2, 0.25) is 0 Å². The Bertz CT molecular complexity index is 1100. The number of para-hydroxylation sites is 1. The van der Waals surface area contributed by atoms with Crippen molar-refractivity contribution >= 4 is 11.8 Å². The van der Waals surface area contributed by atoms with E-state index in [4.69, 9.17) is 9.47 Å². The first-order chi connectivity index (χ1) is 15.5. The highest BCUT2D eigenvalue weighted by Gasteiger charge is 2.26. The first kappa shape index (κ1) is 22.8. The van der Waals surface area contributed by atoms with Crippen molar-refractivity contribution in [2.75, 3.05) is 0 Å². The Morgan fingerprint density at radius 2 is 1.56 bits per heavy atom. The quantitative estimate of drug-likeness (QED) is 0.367. The smallest absolute Gasteiger partial charge is 0.314 e. The minimum absolute atomic E-state index is 0.218. The Morgan fingerprint density at radius 1 is 0.938 bits per heavy atom. The van der Waals surface area contributed by atoms with Gasteiger partial charge in [0.2, 0.25) is 6.10 Å². The average Bonchev–Trinajstić information content (AvgIpc) is 2.82. The van der Waals surface area contributed by atoms with E-state index in [-0.39, 0.29) is 5.92 Å². The molecule has 0 aromatic heterocycles. The van der Waals surface area contributed by atoms with Crippen LogP contribution >= 0.6 is 0 Å². The molecular formula is C27H24FNO3. The monoisotopic (exact) mass is 429 g/mol. The number of benzene rings is 3. The summed E-state index contributed by atoms with van der Waals surface area (Å²) in [6, 6.07) is 26.5. The molecule has 0 fully saturated rings. The zero-order chi connectivity index (χ0) is 22.9. The molecule has 0 amide bonds. The van der Waals surface area contributed by atoms with E-state index in [0.717, 1.165) is 0 Å². The number of halogens is 1. The maximum Gasteiger partial charge on any atom is 0.314 e. The predicted octanol–water partition coefficient (Wildman–Crippen LogP) is 6.87. The van der Waals surface area contributed by atoms with Gasteiger partial charge in [-0.05, 0) is 36.3 Å². The van der Waals surface area contributed by atoms with E-state index in [1.807, 2.05) is 36.4 Å². The molecule has 162 valence electrons. The van der Waals surface area contributed by atoms with Gasteiger partial charge < -0.3 is 9.47 Å². The molecule has 0 aliphatic heterocycles. The number of hydrogen-bond donors (Lipinski definition) is 0. The fourth-order valence-corrected chi connectivity index (χ4v) is 3.11. The summed E-state index contributed by atoms with van der Waals surface area (Å²) < 4.78 is 26.0. The van der Waals surface area contributed by atoms with Crippen LogP contribution in [0.15, 0.2) is 91.0 Å². The van der Waals surface area contributed by atoms with Gasteiger partial charge in [0.1, 0.15) is 23.4 Å². The molecule has 2 atom stereocenters. The second-order valence-electron chi connectivity index (χ2n) is 7.58. The zero-order valence-corrected chi connectivity index (χ0v) is 17.9. The minimum atomic E-state index is -1.14. The predicted molar refractivity (Wildman–Crippen MR) is 121 cm³/mol. The normalized spacial score (nSPS) is 13.2. The number of esters is 1.